The molecule has 0 saturated heterocycles. The van der Waals surface area contributed by atoms with E-state index in [0.717, 1.165) is 64.8 Å². The van der Waals surface area contributed by atoms with Crippen LogP contribution in [0.25, 0.3) is 108 Å². The van der Waals surface area contributed by atoms with Crippen molar-refractivity contribution in [2.45, 2.75) is 0 Å². The minimum Gasteiger partial charge on any atom is -0.226 e. The second-order valence-electron chi connectivity index (χ2n) is 13.8. The first kappa shape index (κ1) is 32.6. The molecular formula is C50H30N4S2. The lowest BCUT2D eigenvalue weighted by Crippen LogP contribution is -1.96. The summed E-state index contributed by atoms with van der Waals surface area (Å²) < 4.78 is 4.55. The lowest BCUT2D eigenvalue weighted by Gasteiger charge is -2.10. The molecule has 0 saturated carbocycles. The van der Waals surface area contributed by atoms with Gasteiger partial charge in [-0.05, 0) is 40.5 Å². The third-order valence-electron chi connectivity index (χ3n) is 10.3. The molecule has 0 aliphatic rings. The minimum atomic E-state index is 0.670. The van der Waals surface area contributed by atoms with E-state index in [9.17, 15) is 0 Å². The van der Waals surface area contributed by atoms with Gasteiger partial charge < -0.3 is 0 Å². The Labute approximate surface area is 331 Å². The summed E-state index contributed by atoms with van der Waals surface area (Å²) in [5.74, 6) is 1.34. The van der Waals surface area contributed by atoms with Gasteiger partial charge in [-0.3, -0.25) is 0 Å². The second kappa shape index (κ2) is 13.5. The normalized spacial score (nSPS) is 11.6. The molecule has 11 rings (SSSR count). The van der Waals surface area contributed by atoms with Crippen LogP contribution in [-0.4, -0.2) is 19.9 Å². The lowest BCUT2D eigenvalue weighted by molar-refractivity contribution is 1.22. The fourth-order valence-electron chi connectivity index (χ4n) is 7.53. The van der Waals surface area contributed by atoms with Crippen molar-refractivity contribution in [2.75, 3.05) is 0 Å². The number of benzene rings is 7. The standard InChI is InChI=1S/C50H30N4S2/c1-3-12-31(13-4-1)33-22-26-35(27-23-33)43-47-45(39-18-7-9-20-41(39)55-47)53-49(51-43)37-16-11-17-38(30-37)50-52-44(48-46(54-50)40-19-8-10-21-42(40)56-48)36-28-24-34(25-29-36)32-14-5-2-6-15-32/h1-30H. The lowest BCUT2D eigenvalue weighted by atomic mass is 10.0. The predicted molar refractivity (Wildman–Crippen MR) is 236 cm³/mol. The van der Waals surface area contributed by atoms with Crippen molar-refractivity contribution in [1.29, 1.82) is 0 Å². The molecule has 4 heterocycles. The molecule has 7 aromatic carbocycles. The van der Waals surface area contributed by atoms with Gasteiger partial charge in [-0.15, -0.1) is 22.7 Å². The van der Waals surface area contributed by atoms with Crippen molar-refractivity contribution >= 4 is 63.3 Å². The molecular weight excluding hydrogens is 721 g/mol. The van der Waals surface area contributed by atoms with E-state index >= 15 is 0 Å². The first-order valence-electron chi connectivity index (χ1n) is 18.5. The van der Waals surface area contributed by atoms with Gasteiger partial charge in [0.05, 0.1) is 31.8 Å². The maximum absolute atomic E-state index is 5.31. The maximum Gasteiger partial charge on any atom is 0.160 e. The van der Waals surface area contributed by atoms with Crippen molar-refractivity contribution in [1.82, 2.24) is 19.9 Å². The minimum absolute atomic E-state index is 0.670. The van der Waals surface area contributed by atoms with Gasteiger partial charge in [0.25, 0.3) is 0 Å². The summed E-state index contributed by atoms with van der Waals surface area (Å²) in [5, 5.41) is 2.27. The van der Waals surface area contributed by atoms with Gasteiger partial charge in [-0.2, -0.15) is 0 Å². The van der Waals surface area contributed by atoms with Crippen LogP contribution in [0.4, 0.5) is 0 Å². The van der Waals surface area contributed by atoms with Crippen molar-refractivity contribution in [3.63, 3.8) is 0 Å². The number of rotatable bonds is 6. The summed E-state index contributed by atoms with van der Waals surface area (Å²) >= 11 is 3.49. The molecule has 0 unspecified atom stereocenters. The Hall–Kier alpha value is -6.86. The number of hydrogen-bond donors (Lipinski definition) is 0. The topological polar surface area (TPSA) is 51.6 Å². The van der Waals surface area contributed by atoms with Gasteiger partial charge in [-0.25, -0.2) is 19.9 Å². The molecule has 56 heavy (non-hydrogen) atoms. The molecule has 6 heteroatoms. The van der Waals surface area contributed by atoms with Gasteiger partial charge in [-0.1, -0.05) is 164 Å². The number of aromatic nitrogens is 4. The molecule has 0 spiro atoms. The molecule has 0 atom stereocenters. The second-order valence-corrected chi connectivity index (χ2v) is 15.9. The highest BCUT2D eigenvalue weighted by Crippen LogP contribution is 2.42. The third kappa shape index (κ3) is 5.66. The highest BCUT2D eigenvalue weighted by Gasteiger charge is 2.20. The number of nitrogens with zero attached hydrogens (tertiary/aromatic N) is 4. The van der Waals surface area contributed by atoms with Crippen LogP contribution in [0.1, 0.15) is 0 Å². The Morgan fingerprint density at radius 3 is 1.09 bits per heavy atom. The van der Waals surface area contributed by atoms with Crippen molar-refractivity contribution in [3.05, 3.63) is 182 Å². The first-order chi connectivity index (χ1) is 27.7. The van der Waals surface area contributed by atoms with E-state index in [1.807, 2.05) is 12.1 Å². The SMILES string of the molecule is c1ccc(-c2ccc(-c3nc(-c4cccc(-c5nc(-c6ccc(-c7ccccc7)cc6)c6sc7ccccc7c6n5)c4)nc4c3sc3ccccc34)cc2)cc1. The number of fused-ring (bicyclic) bond motifs is 6. The van der Waals surface area contributed by atoms with Crippen LogP contribution in [0.5, 0.6) is 0 Å². The van der Waals surface area contributed by atoms with Gasteiger partial charge >= 0.3 is 0 Å². The zero-order valence-electron chi connectivity index (χ0n) is 29.9. The smallest absolute Gasteiger partial charge is 0.160 e. The first-order valence-corrected chi connectivity index (χ1v) is 20.2. The Morgan fingerprint density at radius 2 is 0.643 bits per heavy atom. The monoisotopic (exact) mass is 750 g/mol. The van der Waals surface area contributed by atoms with Gasteiger partial charge in [0, 0.05) is 42.4 Å². The van der Waals surface area contributed by atoms with Crippen LogP contribution in [0.15, 0.2) is 182 Å². The molecule has 262 valence electrons. The number of thiophene rings is 2. The molecule has 0 N–H and O–H groups in total. The molecule has 0 aliphatic heterocycles. The molecule has 4 nitrogen and oxygen atoms in total. The summed E-state index contributed by atoms with van der Waals surface area (Å²) in [6.45, 7) is 0. The van der Waals surface area contributed by atoms with Crippen LogP contribution in [0, 0.1) is 0 Å². The molecule has 0 radical (unpaired) electrons. The Morgan fingerprint density at radius 1 is 0.286 bits per heavy atom. The van der Waals surface area contributed by atoms with Gasteiger partial charge in [0.1, 0.15) is 0 Å². The van der Waals surface area contributed by atoms with E-state index in [4.69, 9.17) is 19.9 Å². The van der Waals surface area contributed by atoms with Gasteiger partial charge in [0.15, 0.2) is 11.6 Å². The fraction of sp³-hybridized carbons (Fsp3) is 0. The summed E-state index contributed by atoms with van der Waals surface area (Å²) in [6.07, 6.45) is 0. The fourth-order valence-corrected chi connectivity index (χ4v) is 9.84. The zero-order valence-corrected chi connectivity index (χ0v) is 31.6. The Kier molecular flexibility index (Phi) is 7.83. The maximum atomic E-state index is 5.31. The summed E-state index contributed by atoms with van der Waals surface area (Å²) in [4.78, 5) is 21.2. The van der Waals surface area contributed by atoms with E-state index in [2.05, 4.69) is 170 Å². The quantitative estimate of drug-likeness (QED) is 0.170. The molecule has 4 aromatic heterocycles. The Bertz CT molecular complexity index is 3010. The van der Waals surface area contributed by atoms with Crippen LogP contribution in [-0.2, 0) is 0 Å². The Balaban J connectivity index is 1.06. The van der Waals surface area contributed by atoms with Crippen LogP contribution in [0.3, 0.4) is 0 Å². The van der Waals surface area contributed by atoms with Crippen LogP contribution in [0.2, 0.25) is 0 Å². The molecule has 0 bridgehead atoms. The average molecular weight is 751 g/mol. The highest BCUT2D eigenvalue weighted by molar-refractivity contribution is 7.26. The average Bonchev–Trinajstić information content (AvgIpc) is 3.85. The van der Waals surface area contributed by atoms with Crippen molar-refractivity contribution in [3.8, 4) is 67.5 Å². The van der Waals surface area contributed by atoms with Gasteiger partial charge in [0.2, 0.25) is 0 Å². The predicted octanol–water partition coefficient (Wildman–Crippen LogP) is 14.0. The highest BCUT2D eigenvalue weighted by atomic mass is 32.1. The zero-order chi connectivity index (χ0) is 37.0. The van der Waals surface area contributed by atoms with Crippen LogP contribution >= 0.6 is 22.7 Å². The van der Waals surface area contributed by atoms with E-state index in [0.29, 0.717) is 11.6 Å². The van der Waals surface area contributed by atoms with Crippen molar-refractivity contribution < 1.29 is 0 Å². The van der Waals surface area contributed by atoms with Crippen LogP contribution < -0.4 is 0 Å². The van der Waals surface area contributed by atoms with E-state index < -0.39 is 0 Å². The molecule has 11 aromatic rings. The van der Waals surface area contributed by atoms with Crippen molar-refractivity contribution in [2.24, 2.45) is 0 Å². The molecule has 0 aliphatic carbocycles. The number of hydrogen-bond acceptors (Lipinski definition) is 6. The van der Waals surface area contributed by atoms with E-state index in [1.165, 1.54) is 31.7 Å². The van der Waals surface area contributed by atoms with E-state index in [1.54, 1.807) is 22.7 Å². The van der Waals surface area contributed by atoms with E-state index in [-0.39, 0.29) is 0 Å². The summed E-state index contributed by atoms with van der Waals surface area (Å²) in [5.41, 5.74) is 12.5. The summed E-state index contributed by atoms with van der Waals surface area (Å²) in [7, 11) is 0. The molecule has 0 fully saturated rings. The third-order valence-corrected chi connectivity index (χ3v) is 12.7. The largest absolute Gasteiger partial charge is 0.226 e. The summed E-state index contributed by atoms with van der Waals surface area (Å²) in [6, 6.07) is 63.7. The molecule has 0 amide bonds.